The molecule has 0 aliphatic carbocycles. The normalized spacial score (nSPS) is 18.4. The van der Waals surface area contributed by atoms with Gasteiger partial charge < -0.3 is 14.5 Å². The molecule has 30 heavy (non-hydrogen) atoms. The largest absolute Gasteiger partial charge is 0.469 e. The summed E-state index contributed by atoms with van der Waals surface area (Å²) in [5, 5.41) is 13.6. The molecular formula is C21H18ClN3O4S. The van der Waals surface area contributed by atoms with Crippen molar-refractivity contribution in [3.05, 3.63) is 64.0 Å². The number of halogens is 1. The van der Waals surface area contributed by atoms with Gasteiger partial charge in [0.15, 0.2) is 0 Å². The van der Waals surface area contributed by atoms with E-state index < -0.39 is 17.8 Å². The van der Waals surface area contributed by atoms with E-state index in [9.17, 15) is 14.9 Å². The van der Waals surface area contributed by atoms with Crippen LogP contribution in [0.5, 0.6) is 0 Å². The van der Waals surface area contributed by atoms with Crippen molar-refractivity contribution in [3.8, 4) is 6.07 Å². The maximum absolute atomic E-state index is 13.2. The van der Waals surface area contributed by atoms with Gasteiger partial charge in [-0.1, -0.05) is 23.4 Å². The number of ether oxygens (including phenoxy) is 1. The lowest BCUT2D eigenvalue weighted by molar-refractivity contribution is -0.137. The number of nitrogens with one attached hydrogen (secondary N) is 1. The summed E-state index contributed by atoms with van der Waals surface area (Å²) in [5.41, 5.74) is 1.35. The van der Waals surface area contributed by atoms with E-state index in [1.807, 2.05) is 0 Å². The Balaban J connectivity index is 1.96. The van der Waals surface area contributed by atoms with Crippen molar-refractivity contribution in [1.82, 2.24) is 0 Å². The minimum atomic E-state index is -0.760. The monoisotopic (exact) mass is 443 g/mol. The molecule has 1 aliphatic heterocycles. The number of furan rings is 1. The Hall–Kier alpha value is -3.02. The van der Waals surface area contributed by atoms with Crippen LogP contribution in [0, 0.1) is 17.2 Å². The van der Waals surface area contributed by atoms with Crippen LogP contribution in [0.3, 0.4) is 0 Å². The maximum atomic E-state index is 13.2. The molecule has 0 spiro atoms. The number of rotatable bonds is 6. The second kappa shape index (κ2) is 9.65. The fourth-order valence-corrected chi connectivity index (χ4v) is 4.15. The maximum Gasteiger partial charge on any atom is 0.316 e. The van der Waals surface area contributed by atoms with Crippen molar-refractivity contribution in [2.24, 2.45) is 10.9 Å². The summed E-state index contributed by atoms with van der Waals surface area (Å²) in [4.78, 5) is 29.2. The number of benzene rings is 1. The fraction of sp³-hybridized carbons (Fsp3) is 0.238. The zero-order valence-electron chi connectivity index (χ0n) is 16.2. The first-order chi connectivity index (χ1) is 14.4. The number of carbonyl (C=O) groups is 2. The Morgan fingerprint density at radius 1 is 1.33 bits per heavy atom. The van der Waals surface area contributed by atoms with Gasteiger partial charge in [0.05, 0.1) is 42.6 Å². The second-order valence-corrected chi connectivity index (χ2v) is 7.82. The number of methoxy groups -OCH3 is 1. The minimum Gasteiger partial charge on any atom is -0.469 e. The average Bonchev–Trinajstić information content (AvgIpc) is 3.27. The first-order valence-corrected chi connectivity index (χ1v) is 10.3. The van der Waals surface area contributed by atoms with Crippen molar-refractivity contribution in [2.75, 3.05) is 18.2 Å². The van der Waals surface area contributed by atoms with Crippen molar-refractivity contribution < 1.29 is 18.7 Å². The first kappa shape index (κ1) is 21.7. The molecule has 1 aromatic heterocycles. The molecule has 7 nitrogen and oxygen atoms in total. The lowest BCUT2D eigenvalue weighted by Crippen LogP contribution is -2.36. The molecule has 1 aromatic carbocycles. The first-order valence-electron chi connectivity index (χ1n) is 8.93. The van der Waals surface area contributed by atoms with Crippen LogP contribution in [0.4, 0.5) is 5.69 Å². The van der Waals surface area contributed by atoms with Gasteiger partial charge in [-0.3, -0.25) is 9.59 Å². The Labute approximate surface area is 182 Å². The van der Waals surface area contributed by atoms with Gasteiger partial charge in [-0.2, -0.15) is 5.26 Å². The zero-order valence-corrected chi connectivity index (χ0v) is 17.8. The van der Waals surface area contributed by atoms with Gasteiger partial charge >= 0.3 is 5.97 Å². The summed E-state index contributed by atoms with van der Waals surface area (Å²) in [6.45, 7) is 1.72. The van der Waals surface area contributed by atoms with E-state index in [2.05, 4.69) is 21.1 Å². The van der Waals surface area contributed by atoms with Crippen LogP contribution < -0.4 is 5.32 Å². The SMILES string of the molecule is COC(=O)CSC1=C(C#N)[C@H](c2ccco2)C(C(=O)Nc2ccc(Cl)cc2)C(C)=N1. The van der Waals surface area contributed by atoms with Crippen LogP contribution >= 0.6 is 23.4 Å². The number of hydrogen-bond donors (Lipinski definition) is 1. The summed E-state index contributed by atoms with van der Waals surface area (Å²) in [6.07, 6.45) is 1.49. The van der Waals surface area contributed by atoms with E-state index in [1.54, 1.807) is 43.3 Å². The Kier molecular flexibility index (Phi) is 6.98. The molecule has 1 amide bonds. The number of allylic oxidation sites excluding steroid dienone is 1. The number of aliphatic imine (C=N–C) groups is 1. The molecule has 2 aromatic rings. The second-order valence-electron chi connectivity index (χ2n) is 6.42. The van der Waals surface area contributed by atoms with E-state index in [0.717, 1.165) is 11.8 Å². The van der Waals surface area contributed by atoms with Crippen LogP contribution in [0.15, 0.2) is 62.7 Å². The standard InChI is InChI=1S/C21H18ClN3O4S/c1-12-18(20(27)25-14-7-5-13(22)6-8-14)19(16-4-3-9-29-16)15(10-23)21(24-12)30-11-17(26)28-2/h3-9,18-19H,11H2,1-2H3,(H,25,27)/t18?,19-/m1/s1. The average molecular weight is 444 g/mol. The third-order valence-electron chi connectivity index (χ3n) is 4.52. The number of amides is 1. The number of hydrogen-bond acceptors (Lipinski definition) is 7. The highest BCUT2D eigenvalue weighted by atomic mass is 35.5. The Morgan fingerprint density at radius 2 is 2.07 bits per heavy atom. The molecule has 9 heteroatoms. The van der Waals surface area contributed by atoms with E-state index in [0.29, 0.717) is 27.2 Å². The highest BCUT2D eigenvalue weighted by Gasteiger charge is 2.41. The predicted molar refractivity (Wildman–Crippen MR) is 115 cm³/mol. The van der Waals surface area contributed by atoms with Crippen LogP contribution in [-0.4, -0.2) is 30.5 Å². The molecule has 2 heterocycles. The third kappa shape index (κ3) is 4.75. The topological polar surface area (TPSA) is 105 Å². The van der Waals surface area contributed by atoms with Crippen molar-refractivity contribution in [3.63, 3.8) is 0 Å². The van der Waals surface area contributed by atoms with Gasteiger partial charge in [-0.25, -0.2) is 4.99 Å². The quantitative estimate of drug-likeness (QED) is 0.664. The van der Waals surface area contributed by atoms with Crippen LogP contribution in [0.1, 0.15) is 18.6 Å². The van der Waals surface area contributed by atoms with Gasteiger partial charge in [-0.15, -0.1) is 0 Å². The molecule has 154 valence electrons. The molecule has 1 N–H and O–H groups in total. The fourth-order valence-electron chi connectivity index (χ4n) is 3.11. The number of carbonyl (C=O) groups excluding carboxylic acids is 2. The lowest BCUT2D eigenvalue weighted by Gasteiger charge is -2.29. The molecular weight excluding hydrogens is 426 g/mol. The number of nitriles is 1. The number of anilines is 1. The van der Waals surface area contributed by atoms with Gasteiger partial charge in [-0.05, 0) is 43.3 Å². The van der Waals surface area contributed by atoms with Crippen LogP contribution in [0.25, 0.3) is 0 Å². The Bertz CT molecular complexity index is 1040. The Morgan fingerprint density at radius 3 is 2.67 bits per heavy atom. The molecule has 0 saturated carbocycles. The minimum absolute atomic E-state index is 0.000303. The highest BCUT2D eigenvalue weighted by Crippen LogP contribution is 2.42. The summed E-state index contributed by atoms with van der Waals surface area (Å²) in [5.74, 6) is -1.73. The lowest BCUT2D eigenvalue weighted by atomic mass is 9.79. The van der Waals surface area contributed by atoms with Gasteiger partial charge in [0.25, 0.3) is 0 Å². The summed E-state index contributed by atoms with van der Waals surface area (Å²) >= 11 is 7.00. The van der Waals surface area contributed by atoms with Crippen LogP contribution in [-0.2, 0) is 14.3 Å². The van der Waals surface area contributed by atoms with E-state index >= 15 is 0 Å². The number of esters is 1. The van der Waals surface area contributed by atoms with Crippen LogP contribution in [0.2, 0.25) is 5.02 Å². The van der Waals surface area contributed by atoms with Crippen molar-refractivity contribution >= 4 is 46.6 Å². The van der Waals surface area contributed by atoms with Gasteiger partial charge in [0.2, 0.25) is 5.91 Å². The van der Waals surface area contributed by atoms with E-state index in [-0.39, 0.29) is 17.2 Å². The highest BCUT2D eigenvalue weighted by molar-refractivity contribution is 8.03. The van der Waals surface area contributed by atoms with E-state index in [4.69, 9.17) is 16.0 Å². The molecule has 1 aliphatic rings. The molecule has 2 atom stereocenters. The molecule has 0 fully saturated rings. The molecule has 1 unspecified atom stereocenters. The molecule has 0 bridgehead atoms. The predicted octanol–water partition coefficient (Wildman–Crippen LogP) is 4.39. The van der Waals surface area contributed by atoms with E-state index in [1.165, 1.54) is 13.4 Å². The van der Waals surface area contributed by atoms with Gasteiger partial charge in [0, 0.05) is 16.4 Å². The van der Waals surface area contributed by atoms with Crippen molar-refractivity contribution in [1.29, 1.82) is 5.26 Å². The zero-order chi connectivity index (χ0) is 21.7. The molecule has 0 radical (unpaired) electrons. The molecule has 0 saturated heterocycles. The van der Waals surface area contributed by atoms with Gasteiger partial charge in [0.1, 0.15) is 10.8 Å². The summed E-state index contributed by atoms with van der Waals surface area (Å²) in [7, 11) is 1.29. The molecule has 3 rings (SSSR count). The summed E-state index contributed by atoms with van der Waals surface area (Å²) in [6, 6.07) is 12.3. The number of thioether (sulfide) groups is 1. The number of nitrogens with zero attached hydrogens (tertiary/aromatic N) is 2. The van der Waals surface area contributed by atoms with Crippen molar-refractivity contribution in [2.45, 2.75) is 12.8 Å². The third-order valence-corrected chi connectivity index (χ3v) is 5.74. The smallest absolute Gasteiger partial charge is 0.316 e. The summed E-state index contributed by atoms with van der Waals surface area (Å²) < 4.78 is 10.2.